The summed E-state index contributed by atoms with van der Waals surface area (Å²) in [6, 6.07) is 8.27. The molecule has 14 heavy (non-hydrogen) atoms. The summed E-state index contributed by atoms with van der Waals surface area (Å²) in [6.45, 7) is 5.14. The van der Waals surface area contributed by atoms with Gasteiger partial charge in [-0.3, -0.25) is 0 Å². The van der Waals surface area contributed by atoms with Crippen molar-refractivity contribution in [2.24, 2.45) is 0 Å². The molecule has 0 N–H and O–H groups in total. The van der Waals surface area contributed by atoms with Gasteiger partial charge in [0, 0.05) is 5.75 Å². The first-order valence-corrected chi connectivity index (χ1v) is 6.32. The molecule has 0 atom stereocenters. The predicted octanol–water partition coefficient (Wildman–Crippen LogP) is 3.38. The van der Waals surface area contributed by atoms with Gasteiger partial charge >= 0.3 is 0 Å². The molecule has 1 nitrogen and oxygen atoms in total. The van der Waals surface area contributed by atoms with Crippen LogP contribution in [0.25, 0.3) is 0 Å². The highest BCUT2D eigenvalue weighted by molar-refractivity contribution is 7.99. The van der Waals surface area contributed by atoms with Crippen LogP contribution in [-0.2, 0) is 6.42 Å². The average molecular weight is 210 g/mol. The van der Waals surface area contributed by atoms with Crippen molar-refractivity contribution in [1.82, 2.24) is 0 Å². The molecule has 0 saturated carbocycles. The summed E-state index contributed by atoms with van der Waals surface area (Å²) < 4.78 is 5.71. The Morgan fingerprint density at radius 2 is 2.00 bits per heavy atom. The molecule has 0 aliphatic rings. The molecule has 0 aliphatic carbocycles. The minimum Gasteiger partial charge on any atom is -0.492 e. The fourth-order valence-electron chi connectivity index (χ4n) is 1.29. The Morgan fingerprint density at radius 1 is 1.21 bits per heavy atom. The van der Waals surface area contributed by atoms with Crippen LogP contribution in [0.2, 0.25) is 0 Å². The van der Waals surface area contributed by atoms with E-state index in [0.717, 1.165) is 24.5 Å². The van der Waals surface area contributed by atoms with E-state index in [0.29, 0.717) is 0 Å². The van der Waals surface area contributed by atoms with Crippen LogP contribution in [0.1, 0.15) is 19.4 Å². The van der Waals surface area contributed by atoms with Gasteiger partial charge in [-0.1, -0.05) is 32.0 Å². The quantitative estimate of drug-likeness (QED) is 0.666. The number of aryl methyl sites for hydroxylation is 1. The van der Waals surface area contributed by atoms with Crippen molar-refractivity contribution in [3.05, 3.63) is 29.8 Å². The first kappa shape index (κ1) is 11.4. The second-order valence-corrected chi connectivity index (χ2v) is 4.40. The van der Waals surface area contributed by atoms with Crippen LogP contribution >= 0.6 is 11.8 Å². The van der Waals surface area contributed by atoms with Crippen LogP contribution in [0.4, 0.5) is 0 Å². The van der Waals surface area contributed by atoms with Gasteiger partial charge in [0.15, 0.2) is 0 Å². The molecule has 0 heterocycles. The molecule has 78 valence electrons. The van der Waals surface area contributed by atoms with E-state index in [1.165, 1.54) is 11.3 Å². The van der Waals surface area contributed by atoms with E-state index < -0.39 is 0 Å². The fraction of sp³-hybridized carbons (Fsp3) is 0.500. The summed E-state index contributed by atoms with van der Waals surface area (Å²) in [6.07, 6.45) is 1.04. The van der Waals surface area contributed by atoms with Crippen molar-refractivity contribution in [2.45, 2.75) is 20.3 Å². The van der Waals surface area contributed by atoms with Gasteiger partial charge in [-0.25, -0.2) is 0 Å². The molecular formula is C12H18OS. The second kappa shape index (κ2) is 6.77. The highest BCUT2D eigenvalue weighted by Crippen LogP contribution is 2.18. The Balaban J connectivity index is 2.41. The second-order valence-electron chi connectivity index (χ2n) is 3.01. The summed E-state index contributed by atoms with van der Waals surface area (Å²) >= 11 is 1.92. The summed E-state index contributed by atoms with van der Waals surface area (Å²) in [5, 5.41) is 0. The summed E-state index contributed by atoms with van der Waals surface area (Å²) in [7, 11) is 0. The number of thioether (sulfide) groups is 1. The smallest absolute Gasteiger partial charge is 0.122 e. The number of para-hydroxylation sites is 1. The normalized spacial score (nSPS) is 10.1. The van der Waals surface area contributed by atoms with Crippen molar-refractivity contribution < 1.29 is 4.74 Å². The number of hydrogen-bond donors (Lipinski definition) is 0. The monoisotopic (exact) mass is 210 g/mol. The third-order valence-electron chi connectivity index (χ3n) is 2.04. The van der Waals surface area contributed by atoms with Gasteiger partial charge in [-0.15, -0.1) is 0 Å². The lowest BCUT2D eigenvalue weighted by Gasteiger charge is -2.09. The van der Waals surface area contributed by atoms with Crippen LogP contribution in [0.5, 0.6) is 5.75 Å². The van der Waals surface area contributed by atoms with Crippen molar-refractivity contribution in [2.75, 3.05) is 18.1 Å². The fourth-order valence-corrected chi connectivity index (χ4v) is 1.78. The molecule has 0 amide bonds. The molecule has 0 bridgehead atoms. The Bertz CT molecular complexity index is 260. The Hall–Kier alpha value is -0.630. The first-order valence-electron chi connectivity index (χ1n) is 5.17. The van der Waals surface area contributed by atoms with E-state index in [4.69, 9.17) is 4.74 Å². The average Bonchev–Trinajstić information content (AvgIpc) is 2.25. The zero-order valence-corrected chi connectivity index (χ0v) is 9.77. The Kier molecular flexibility index (Phi) is 5.53. The molecule has 0 fully saturated rings. The van der Waals surface area contributed by atoms with Gasteiger partial charge in [0.05, 0.1) is 6.61 Å². The maximum absolute atomic E-state index is 5.71. The molecule has 0 spiro atoms. The SMILES string of the molecule is CCSCCOc1ccccc1CC. The minimum absolute atomic E-state index is 0.815. The largest absolute Gasteiger partial charge is 0.492 e. The summed E-state index contributed by atoms with van der Waals surface area (Å²) in [5.41, 5.74) is 1.30. The maximum Gasteiger partial charge on any atom is 0.122 e. The number of benzene rings is 1. The van der Waals surface area contributed by atoms with Crippen molar-refractivity contribution in [1.29, 1.82) is 0 Å². The van der Waals surface area contributed by atoms with Gasteiger partial charge in [-0.2, -0.15) is 11.8 Å². The van der Waals surface area contributed by atoms with Crippen LogP contribution in [0.3, 0.4) is 0 Å². The molecule has 0 unspecified atom stereocenters. The topological polar surface area (TPSA) is 9.23 Å². The molecular weight excluding hydrogens is 192 g/mol. The van der Waals surface area contributed by atoms with E-state index in [-0.39, 0.29) is 0 Å². The number of ether oxygens (including phenoxy) is 1. The molecule has 0 saturated heterocycles. The lowest BCUT2D eigenvalue weighted by Crippen LogP contribution is -2.02. The lowest BCUT2D eigenvalue weighted by molar-refractivity contribution is 0.340. The minimum atomic E-state index is 0.815. The molecule has 1 aromatic carbocycles. The van der Waals surface area contributed by atoms with E-state index >= 15 is 0 Å². The number of hydrogen-bond acceptors (Lipinski definition) is 2. The van der Waals surface area contributed by atoms with Gasteiger partial charge < -0.3 is 4.74 Å². The predicted molar refractivity (Wildman–Crippen MR) is 64.3 cm³/mol. The van der Waals surface area contributed by atoms with E-state index in [9.17, 15) is 0 Å². The van der Waals surface area contributed by atoms with Gasteiger partial charge in [-0.05, 0) is 23.8 Å². The molecule has 0 radical (unpaired) electrons. The van der Waals surface area contributed by atoms with Crippen molar-refractivity contribution in [3.63, 3.8) is 0 Å². The third-order valence-corrected chi connectivity index (χ3v) is 2.91. The van der Waals surface area contributed by atoms with Crippen LogP contribution in [0, 0.1) is 0 Å². The maximum atomic E-state index is 5.71. The highest BCUT2D eigenvalue weighted by Gasteiger charge is 1.99. The standard InChI is InChI=1S/C12H18OS/c1-3-11-7-5-6-8-12(11)13-9-10-14-4-2/h5-8H,3-4,9-10H2,1-2H3. The Morgan fingerprint density at radius 3 is 2.71 bits per heavy atom. The summed E-state index contributed by atoms with van der Waals surface area (Å²) in [4.78, 5) is 0. The van der Waals surface area contributed by atoms with Crippen LogP contribution in [-0.4, -0.2) is 18.1 Å². The van der Waals surface area contributed by atoms with E-state index in [2.05, 4.69) is 32.0 Å². The van der Waals surface area contributed by atoms with E-state index in [1.54, 1.807) is 0 Å². The molecule has 0 aliphatic heterocycles. The molecule has 1 aromatic rings. The molecule has 1 rings (SSSR count). The van der Waals surface area contributed by atoms with Crippen LogP contribution in [0.15, 0.2) is 24.3 Å². The number of rotatable bonds is 6. The van der Waals surface area contributed by atoms with Crippen molar-refractivity contribution >= 4 is 11.8 Å². The zero-order chi connectivity index (χ0) is 10.2. The highest BCUT2D eigenvalue weighted by atomic mass is 32.2. The van der Waals surface area contributed by atoms with Crippen molar-refractivity contribution in [3.8, 4) is 5.75 Å². The molecule has 0 aromatic heterocycles. The van der Waals surface area contributed by atoms with Crippen LogP contribution < -0.4 is 4.74 Å². The van der Waals surface area contributed by atoms with E-state index in [1.807, 2.05) is 17.8 Å². The lowest BCUT2D eigenvalue weighted by atomic mass is 10.1. The Labute approximate surface area is 90.9 Å². The molecule has 2 heteroatoms. The van der Waals surface area contributed by atoms with Gasteiger partial charge in [0.1, 0.15) is 5.75 Å². The third kappa shape index (κ3) is 3.62. The summed E-state index contributed by atoms with van der Waals surface area (Å²) in [5.74, 6) is 3.29. The van der Waals surface area contributed by atoms with Gasteiger partial charge in [0.2, 0.25) is 0 Å². The first-order chi connectivity index (χ1) is 6.88. The zero-order valence-electron chi connectivity index (χ0n) is 8.95. The van der Waals surface area contributed by atoms with Gasteiger partial charge in [0.25, 0.3) is 0 Å².